The first-order valence-electron chi connectivity index (χ1n) is 10.4. The number of nitrogen functional groups attached to an aromatic ring is 1. The minimum atomic E-state index is -0.651. The maximum atomic E-state index is 13.1. The number of ketones is 1. The molecule has 0 saturated carbocycles. The van der Waals surface area contributed by atoms with E-state index in [0.29, 0.717) is 6.54 Å². The third-order valence-corrected chi connectivity index (χ3v) is 5.27. The zero-order valence-corrected chi connectivity index (χ0v) is 18.6. The highest BCUT2D eigenvalue weighted by Gasteiger charge is 2.23. The lowest BCUT2D eigenvalue weighted by molar-refractivity contribution is 0.0941. The van der Waals surface area contributed by atoms with E-state index in [0.717, 1.165) is 21.4 Å². The molecule has 0 spiro atoms. The van der Waals surface area contributed by atoms with Crippen LogP contribution in [0.4, 0.5) is 5.82 Å². The van der Waals surface area contributed by atoms with Crippen molar-refractivity contribution in [2.45, 2.75) is 26.6 Å². The van der Waals surface area contributed by atoms with Crippen LogP contribution in [0.15, 0.2) is 64.2 Å². The molecule has 2 aromatic carbocycles. The summed E-state index contributed by atoms with van der Waals surface area (Å²) in [5.74, 6) is 0.227. The van der Waals surface area contributed by atoms with E-state index < -0.39 is 17.0 Å². The Morgan fingerprint density at radius 1 is 1.00 bits per heavy atom. The Morgan fingerprint density at radius 3 is 2.25 bits per heavy atom. The molecule has 0 saturated heterocycles. The average molecular weight is 437 g/mol. The van der Waals surface area contributed by atoms with Crippen LogP contribution >= 0.6 is 0 Å². The molecule has 1 heterocycles. The van der Waals surface area contributed by atoms with Gasteiger partial charge in [-0.25, -0.2) is 4.79 Å². The summed E-state index contributed by atoms with van der Waals surface area (Å²) in [6, 6.07) is 16.8. The number of rotatable bonds is 9. The summed E-state index contributed by atoms with van der Waals surface area (Å²) < 4.78 is 7.50. The second kappa shape index (κ2) is 10.1. The molecule has 1 aromatic heterocycles. The molecule has 0 amide bonds. The van der Waals surface area contributed by atoms with Crippen LogP contribution in [-0.4, -0.2) is 40.5 Å². The van der Waals surface area contributed by atoms with Crippen LogP contribution < -0.4 is 21.7 Å². The lowest BCUT2D eigenvalue weighted by Crippen LogP contribution is -2.45. The van der Waals surface area contributed by atoms with Gasteiger partial charge in [-0.2, -0.15) is 0 Å². The minimum absolute atomic E-state index is 0.0152. The lowest BCUT2D eigenvalue weighted by atomic mass is 10.1. The predicted molar refractivity (Wildman–Crippen MR) is 124 cm³/mol. The van der Waals surface area contributed by atoms with Crippen LogP contribution in [0.5, 0.6) is 5.75 Å². The van der Waals surface area contributed by atoms with E-state index in [9.17, 15) is 14.4 Å². The summed E-state index contributed by atoms with van der Waals surface area (Å²) in [6.45, 7) is 2.50. The van der Waals surface area contributed by atoms with Crippen molar-refractivity contribution in [3.8, 4) is 5.75 Å². The predicted octanol–water partition coefficient (Wildman–Crippen LogP) is 1.98. The molecule has 8 heteroatoms. The Balaban J connectivity index is 1.89. The van der Waals surface area contributed by atoms with E-state index in [-0.39, 0.29) is 31.0 Å². The third-order valence-electron chi connectivity index (χ3n) is 5.27. The number of hydrogen-bond acceptors (Lipinski definition) is 6. The molecule has 8 nitrogen and oxygen atoms in total. The molecular weight excluding hydrogens is 408 g/mol. The summed E-state index contributed by atoms with van der Waals surface area (Å²) in [4.78, 5) is 40.7. The van der Waals surface area contributed by atoms with Crippen molar-refractivity contribution in [3.05, 3.63) is 92.1 Å². The zero-order valence-electron chi connectivity index (χ0n) is 18.6. The van der Waals surface area contributed by atoms with E-state index >= 15 is 0 Å². The Bertz CT molecular complexity index is 1200. The number of carbonyl (C=O) groups is 1. The van der Waals surface area contributed by atoms with Gasteiger partial charge in [0.2, 0.25) is 0 Å². The molecule has 0 aliphatic rings. The monoisotopic (exact) mass is 436 g/mol. The van der Waals surface area contributed by atoms with Crippen molar-refractivity contribution in [3.63, 3.8) is 0 Å². The molecule has 0 radical (unpaired) electrons. The molecule has 0 bridgehead atoms. The lowest BCUT2D eigenvalue weighted by Gasteiger charge is -2.19. The maximum absolute atomic E-state index is 13.1. The molecule has 32 heavy (non-hydrogen) atoms. The summed E-state index contributed by atoms with van der Waals surface area (Å²) in [6.07, 6.45) is 0. The van der Waals surface area contributed by atoms with Gasteiger partial charge in [-0.15, -0.1) is 0 Å². The fraction of sp³-hybridized carbons (Fsp3) is 0.292. The Morgan fingerprint density at radius 2 is 1.66 bits per heavy atom. The highest BCUT2D eigenvalue weighted by atomic mass is 16.5. The first-order chi connectivity index (χ1) is 15.3. The normalized spacial score (nSPS) is 11.0. The van der Waals surface area contributed by atoms with Crippen LogP contribution in [0.3, 0.4) is 0 Å². The first-order valence-corrected chi connectivity index (χ1v) is 10.4. The molecule has 0 atom stereocenters. The second-order valence-electron chi connectivity index (χ2n) is 7.61. The van der Waals surface area contributed by atoms with Crippen molar-refractivity contribution >= 4 is 11.6 Å². The van der Waals surface area contributed by atoms with Crippen molar-refractivity contribution in [2.24, 2.45) is 0 Å². The Labute approximate surface area is 186 Å². The van der Waals surface area contributed by atoms with Gasteiger partial charge in [-0.1, -0.05) is 42.5 Å². The largest absolute Gasteiger partial charge is 0.497 e. The second-order valence-corrected chi connectivity index (χ2v) is 7.61. The fourth-order valence-electron chi connectivity index (χ4n) is 3.60. The van der Waals surface area contributed by atoms with E-state index in [2.05, 4.69) is 0 Å². The van der Waals surface area contributed by atoms with Crippen molar-refractivity contribution in [1.29, 1.82) is 0 Å². The van der Waals surface area contributed by atoms with E-state index in [1.54, 1.807) is 26.0 Å². The van der Waals surface area contributed by atoms with Gasteiger partial charge in [0.1, 0.15) is 17.1 Å². The van der Waals surface area contributed by atoms with Gasteiger partial charge in [-0.3, -0.25) is 23.6 Å². The van der Waals surface area contributed by atoms with Gasteiger partial charge in [0.25, 0.3) is 5.56 Å². The topological polar surface area (TPSA) is 99.6 Å². The smallest absolute Gasteiger partial charge is 0.332 e. The molecule has 3 aromatic rings. The summed E-state index contributed by atoms with van der Waals surface area (Å²) >= 11 is 0. The molecule has 0 aliphatic heterocycles. The number of Topliss-reactive ketones (excluding diaryl/α,β-unsaturated/α-hetero) is 1. The summed E-state index contributed by atoms with van der Waals surface area (Å²) in [7, 11) is 3.39. The standard InChI is InChI=1S/C24H28N4O4/c1-4-27-23(30)21(22(25)28(24(27)31)15-17-8-6-5-7-9-17)20(29)16-26(2)14-18-10-12-19(32-3)13-11-18/h5-13H,4,14-16,25H2,1-3H3. The molecule has 0 fully saturated rings. The van der Waals surface area contributed by atoms with Crippen LogP contribution in [0.25, 0.3) is 0 Å². The molecule has 0 aliphatic carbocycles. The quantitative estimate of drug-likeness (QED) is 0.515. The third kappa shape index (κ3) is 4.97. The maximum Gasteiger partial charge on any atom is 0.332 e. The van der Waals surface area contributed by atoms with Crippen LogP contribution in [0.2, 0.25) is 0 Å². The van der Waals surface area contributed by atoms with Gasteiger partial charge >= 0.3 is 5.69 Å². The Hall–Kier alpha value is -3.65. The van der Waals surface area contributed by atoms with Crippen LogP contribution in [0.1, 0.15) is 28.4 Å². The van der Waals surface area contributed by atoms with Crippen molar-refractivity contribution < 1.29 is 9.53 Å². The van der Waals surface area contributed by atoms with Gasteiger partial charge in [-0.05, 0) is 37.2 Å². The van der Waals surface area contributed by atoms with Gasteiger partial charge in [0, 0.05) is 13.1 Å². The van der Waals surface area contributed by atoms with Gasteiger partial charge in [0.05, 0.1) is 20.2 Å². The molecule has 168 valence electrons. The molecule has 3 rings (SSSR count). The summed E-state index contributed by atoms with van der Waals surface area (Å²) in [5, 5.41) is 0. The van der Waals surface area contributed by atoms with Crippen molar-refractivity contribution in [2.75, 3.05) is 26.4 Å². The van der Waals surface area contributed by atoms with Gasteiger partial charge in [0.15, 0.2) is 5.78 Å². The number of carbonyl (C=O) groups excluding carboxylic acids is 1. The highest BCUT2D eigenvalue weighted by Crippen LogP contribution is 2.14. The number of ether oxygens (including phenoxy) is 1. The highest BCUT2D eigenvalue weighted by molar-refractivity contribution is 6.01. The number of methoxy groups -OCH3 is 1. The average Bonchev–Trinajstić information content (AvgIpc) is 2.78. The fourth-order valence-corrected chi connectivity index (χ4v) is 3.60. The number of hydrogen-bond donors (Lipinski definition) is 1. The van der Waals surface area contributed by atoms with Crippen LogP contribution in [-0.2, 0) is 19.6 Å². The minimum Gasteiger partial charge on any atom is -0.497 e. The zero-order chi connectivity index (χ0) is 23.3. The van der Waals surface area contributed by atoms with Crippen molar-refractivity contribution in [1.82, 2.24) is 14.0 Å². The molecule has 0 unspecified atom stereocenters. The van der Waals surface area contributed by atoms with E-state index in [4.69, 9.17) is 10.5 Å². The number of likely N-dealkylation sites (N-methyl/N-ethyl adjacent to an activating group) is 1. The summed E-state index contributed by atoms with van der Waals surface area (Å²) in [5.41, 5.74) is 6.73. The SMILES string of the molecule is CCn1c(=O)c(C(=O)CN(C)Cc2ccc(OC)cc2)c(N)n(Cc2ccccc2)c1=O. The molecule has 2 N–H and O–H groups in total. The van der Waals surface area contributed by atoms with E-state index in [1.807, 2.05) is 54.6 Å². The van der Waals surface area contributed by atoms with Crippen LogP contribution in [0, 0.1) is 0 Å². The number of nitrogens with two attached hydrogens (primary N) is 1. The number of aromatic nitrogens is 2. The van der Waals surface area contributed by atoms with E-state index in [1.165, 1.54) is 4.57 Å². The molecular formula is C24H28N4O4. The number of anilines is 1. The number of nitrogens with zero attached hydrogens (tertiary/aromatic N) is 3. The Kier molecular flexibility index (Phi) is 7.27. The first kappa shape index (κ1) is 23.0. The van der Waals surface area contributed by atoms with Gasteiger partial charge < -0.3 is 10.5 Å². The number of benzene rings is 2.